The molecule has 22 heavy (non-hydrogen) atoms. The molecule has 1 amide bonds. The predicted molar refractivity (Wildman–Crippen MR) is 83.1 cm³/mol. The van der Waals surface area contributed by atoms with Crippen molar-refractivity contribution in [3.63, 3.8) is 0 Å². The van der Waals surface area contributed by atoms with Crippen LogP contribution in [-0.4, -0.2) is 84.7 Å². The van der Waals surface area contributed by atoms with Crippen LogP contribution in [0.1, 0.15) is 17.4 Å². The second kappa shape index (κ2) is 7.02. The van der Waals surface area contributed by atoms with Crippen molar-refractivity contribution in [1.29, 1.82) is 0 Å². The molecule has 7 heteroatoms. The van der Waals surface area contributed by atoms with E-state index >= 15 is 0 Å². The third-order valence-electron chi connectivity index (χ3n) is 4.31. The molecule has 120 valence electrons. The molecule has 1 aromatic rings. The summed E-state index contributed by atoms with van der Waals surface area (Å²) in [4.78, 5) is 27.4. The lowest BCUT2D eigenvalue weighted by Gasteiger charge is -2.34. The van der Waals surface area contributed by atoms with Crippen LogP contribution in [-0.2, 0) is 4.74 Å². The van der Waals surface area contributed by atoms with Gasteiger partial charge < -0.3 is 19.4 Å². The molecular weight excluding hydrogens is 282 g/mol. The zero-order valence-electron chi connectivity index (χ0n) is 13.1. The third-order valence-corrected chi connectivity index (χ3v) is 4.31. The van der Waals surface area contributed by atoms with Crippen molar-refractivity contribution in [2.75, 3.05) is 63.9 Å². The smallest absolute Gasteiger partial charge is 0.272 e. The summed E-state index contributed by atoms with van der Waals surface area (Å²) in [6.45, 7) is 9.60. The van der Waals surface area contributed by atoms with Gasteiger partial charge in [-0.05, 0) is 6.54 Å². The van der Waals surface area contributed by atoms with Crippen molar-refractivity contribution in [2.45, 2.75) is 6.92 Å². The Morgan fingerprint density at radius 3 is 2.55 bits per heavy atom. The number of amides is 1. The second-order valence-electron chi connectivity index (χ2n) is 5.59. The molecular formula is C15H23N5O2. The first-order valence-electron chi connectivity index (χ1n) is 7.94. The molecule has 0 aromatic carbocycles. The molecule has 0 aliphatic carbocycles. The number of aromatic nitrogens is 2. The van der Waals surface area contributed by atoms with Crippen LogP contribution in [0.3, 0.4) is 0 Å². The molecule has 0 spiro atoms. The second-order valence-corrected chi connectivity index (χ2v) is 5.59. The standard InChI is InChI=1S/C15H23N5O2/c1-2-18-3-5-20(6-4-18)15(21)13-11-14(17-12-16-13)19-7-9-22-10-8-19/h11-12H,2-10H2,1H3. The SMILES string of the molecule is CCN1CCN(C(=O)c2cc(N3CCOCC3)ncn2)CC1. The maximum atomic E-state index is 12.6. The Balaban J connectivity index is 1.67. The van der Waals surface area contributed by atoms with Gasteiger partial charge in [-0.2, -0.15) is 0 Å². The Morgan fingerprint density at radius 2 is 1.86 bits per heavy atom. The van der Waals surface area contributed by atoms with Gasteiger partial charge in [-0.1, -0.05) is 6.92 Å². The van der Waals surface area contributed by atoms with Crippen LogP contribution >= 0.6 is 0 Å². The summed E-state index contributed by atoms with van der Waals surface area (Å²) in [6, 6.07) is 1.81. The highest BCUT2D eigenvalue weighted by atomic mass is 16.5. The van der Waals surface area contributed by atoms with E-state index in [4.69, 9.17) is 4.74 Å². The minimum atomic E-state index is 0.00709. The number of ether oxygens (including phenoxy) is 1. The van der Waals surface area contributed by atoms with Gasteiger partial charge in [-0.15, -0.1) is 0 Å². The quantitative estimate of drug-likeness (QED) is 0.789. The average molecular weight is 305 g/mol. The Hall–Kier alpha value is -1.73. The van der Waals surface area contributed by atoms with E-state index in [9.17, 15) is 4.79 Å². The fraction of sp³-hybridized carbons (Fsp3) is 0.667. The van der Waals surface area contributed by atoms with Crippen LogP contribution in [0, 0.1) is 0 Å². The number of carbonyl (C=O) groups is 1. The highest BCUT2D eigenvalue weighted by Crippen LogP contribution is 2.14. The van der Waals surface area contributed by atoms with Gasteiger partial charge >= 0.3 is 0 Å². The van der Waals surface area contributed by atoms with Gasteiger partial charge in [0.2, 0.25) is 0 Å². The van der Waals surface area contributed by atoms with Crippen LogP contribution < -0.4 is 4.90 Å². The monoisotopic (exact) mass is 305 g/mol. The van der Waals surface area contributed by atoms with Gasteiger partial charge in [0.25, 0.3) is 5.91 Å². The lowest BCUT2D eigenvalue weighted by molar-refractivity contribution is 0.0637. The van der Waals surface area contributed by atoms with E-state index in [0.29, 0.717) is 18.9 Å². The van der Waals surface area contributed by atoms with Gasteiger partial charge in [0.15, 0.2) is 0 Å². The lowest BCUT2D eigenvalue weighted by atomic mass is 10.2. The maximum absolute atomic E-state index is 12.6. The number of piperazine rings is 1. The summed E-state index contributed by atoms with van der Waals surface area (Å²) >= 11 is 0. The van der Waals surface area contributed by atoms with Crippen molar-refractivity contribution in [3.05, 3.63) is 18.1 Å². The molecule has 0 unspecified atom stereocenters. The average Bonchev–Trinajstić information content (AvgIpc) is 2.62. The fourth-order valence-electron chi connectivity index (χ4n) is 2.86. The van der Waals surface area contributed by atoms with Crippen LogP contribution in [0.5, 0.6) is 0 Å². The fourth-order valence-corrected chi connectivity index (χ4v) is 2.86. The molecule has 0 N–H and O–H groups in total. The molecule has 3 heterocycles. The Kier molecular flexibility index (Phi) is 4.84. The summed E-state index contributed by atoms with van der Waals surface area (Å²) in [5.41, 5.74) is 0.487. The molecule has 2 aliphatic rings. The van der Waals surface area contributed by atoms with Gasteiger partial charge in [-0.3, -0.25) is 4.79 Å². The van der Waals surface area contributed by atoms with E-state index in [0.717, 1.165) is 51.6 Å². The Morgan fingerprint density at radius 1 is 1.14 bits per heavy atom. The van der Waals surface area contributed by atoms with Crippen LogP contribution in [0.15, 0.2) is 12.4 Å². The molecule has 3 rings (SSSR count). The molecule has 0 atom stereocenters. The van der Waals surface area contributed by atoms with Gasteiger partial charge in [0.05, 0.1) is 13.2 Å². The maximum Gasteiger partial charge on any atom is 0.272 e. The topological polar surface area (TPSA) is 61.8 Å². The molecule has 1 aromatic heterocycles. The number of hydrogen-bond donors (Lipinski definition) is 0. The molecule has 0 saturated carbocycles. The molecule has 0 radical (unpaired) electrons. The normalized spacial score (nSPS) is 20.2. The van der Waals surface area contributed by atoms with E-state index in [-0.39, 0.29) is 5.91 Å². The van der Waals surface area contributed by atoms with Crippen molar-refractivity contribution < 1.29 is 9.53 Å². The van der Waals surface area contributed by atoms with E-state index in [2.05, 4.69) is 26.7 Å². The summed E-state index contributed by atoms with van der Waals surface area (Å²) in [5.74, 6) is 0.821. The first-order valence-corrected chi connectivity index (χ1v) is 7.94. The van der Waals surface area contributed by atoms with Crippen LogP contribution in [0.2, 0.25) is 0 Å². The molecule has 2 fully saturated rings. The van der Waals surface area contributed by atoms with Crippen molar-refractivity contribution >= 4 is 11.7 Å². The highest BCUT2D eigenvalue weighted by Gasteiger charge is 2.23. The van der Waals surface area contributed by atoms with Crippen LogP contribution in [0.25, 0.3) is 0 Å². The zero-order chi connectivity index (χ0) is 15.4. The summed E-state index contributed by atoms with van der Waals surface area (Å²) in [5, 5.41) is 0. The van der Waals surface area contributed by atoms with E-state index in [1.807, 2.05) is 4.90 Å². The minimum Gasteiger partial charge on any atom is -0.378 e. The van der Waals surface area contributed by atoms with Crippen molar-refractivity contribution in [3.8, 4) is 0 Å². The number of carbonyl (C=O) groups excluding carboxylic acids is 1. The van der Waals surface area contributed by atoms with E-state index < -0.39 is 0 Å². The number of nitrogens with zero attached hydrogens (tertiary/aromatic N) is 5. The van der Waals surface area contributed by atoms with Crippen molar-refractivity contribution in [1.82, 2.24) is 19.8 Å². The Labute approximate surface area is 130 Å². The number of rotatable bonds is 3. The summed E-state index contributed by atoms with van der Waals surface area (Å²) in [6.07, 6.45) is 1.49. The molecule has 2 saturated heterocycles. The number of hydrogen-bond acceptors (Lipinski definition) is 6. The first kappa shape index (κ1) is 15.2. The minimum absolute atomic E-state index is 0.00709. The largest absolute Gasteiger partial charge is 0.378 e. The number of likely N-dealkylation sites (N-methyl/N-ethyl adjacent to an activating group) is 1. The third kappa shape index (κ3) is 3.36. The lowest BCUT2D eigenvalue weighted by Crippen LogP contribution is -2.48. The van der Waals surface area contributed by atoms with E-state index in [1.54, 1.807) is 6.07 Å². The van der Waals surface area contributed by atoms with Gasteiger partial charge in [-0.25, -0.2) is 9.97 Å². The Bertz CT molecular complexity index is 510. The molecule has 7 nitrogen and oxygen atoms in total. The van der Waals surface area contributed by atoms with Crippen molar-refractivity contribution in [2.24, 2.45) is 0 Å². The van der Waals surface area contributed by atoms with Crippen LogP contribution in [0.4, 0.5) is 5.82 Å². The molecule has 2 aliphatic heterocycles. The summed E-state index contributed by atoms with van der Waals surface area (Å²) < 4.78 is 5.35. The zero-order valence-corrected chi connectivity index (χ0v) is 13.1. The summed E-state index contributed by atoms with van der Waals surface area (Å²) in [7, 11) is 0. The van der Waals surface area contributed by atoms with Gasteiger partial charge in [0.1, 0.15) is 17.8 Å². The number of morpholine rings is 1. The molecule has 0 bridgehead atoms. The van der Waals surface area contributed by atoms with E-state index in [1.165, 1.54) is 6.33 Å². The number of anilines is 1. The first-order chi connectivity index (χ1) is 10.8. The predicted octanol–water partition coefficient (Wildman–Crippen LogP) is 0.0909. The van der Waals surface area contributed by atoms with Gasteiger partial charge in [0, 0.05) is 45.3 Å². The highest BCUT2D eigenvalue weighted by molar-refractivity contribution is 5.93.